The second kappa shape index (κ2) is 5.88. The molecule has 1 saturated heterocycles. The summed E-state index contributed by atoms with van der Waals surface area (Å²) < 4.78 is 5.30. The molecule has 2 rings (SSSR count). The van der Waals surface area contributed by atoms with Gasteiger partial charge in [-0.15, -0.1) is 6.58 Å². The first kappa shape index (κ1) is 12.9. The van der Waals surface area contributed by atoms with Gasteiger partial charge in [0.05, 0.1) is 13.2 Å². The van der Waals surface area contributed by atoms with Crippen LogP contribution in [0.1, 0.15) is 0 Å². The van der Waals surface area contributed by atoms with Crippen LogP contribution < -0.4 is 16.0 Å². The van der Waals surface area contributed by atoms with Crippen molar-refractivity contribution in [1.29, 1.82) is 0 Å². The number of nitrogens with one attached hydrogen (secondary N) is 1. The summed E-state index contributed by atoms with van der Waals surface area (Å²) in [6, 6.07) is 0. The molecule has 2 heterocycles. The number of ether oxygens (including phenoxy) is 1. The highest BCUT2D eigenvalue weighted by molar-refractivity contribution is 6.28. The molecule has 0 amide bonds. The Balaban J connectivity index is 2.27. The van der Waals surface area contributed by atoms with Crippen LogP contribution in [0.3, 0.4) is 0 Å². The number of nitrogens with zero attached hydrogens (tertiary/aromatic N) is 3. The summed E-state index contributed by atoms with van der Waals surface area (Å²) in [5.41, 5.74) is 6.56. The van der Waals surface area contributed by atoms with Crippen molar-refractivity contribution in [2.75, 3.05) is 48.8 Å². The number of nitrogens with two attached hydrogens (primary N) is 1. The minimum atomic E-state index is 0.178. The normalized spacial score (nSPS) is 15.5. The van der Waals surface area contributed by atoms with E-state index in [2.05, 4.69) is 21.9 Å². The second-order valence-electron chi connectivity index (χ2n) is 3.85. The zero-order valence-corrected chi connectivity index (χ0v) is 10.8. The Morgan fingerprint density at radius 1 is 1.44 bits per heavy atom. The first-order chi connectivity index (χ1) is 8.72. The standard InChI is InChI=1S/C11H16ClN5O/c1-2-3-14-9-8(13)10(16-11(12)15-9)17-4-6-18-7-5-17/h2H,1,3-7,13H2,(H,14,15,16). The lowest BCUT2D eigenvalue weighted by Crippen LogP contribution is -2.37. The molecule has 1 aliphatic rings. The molecule has 1 aromatic heterocycles. The summed E-state index contributed by atoms with van der Waals surface area (Å²) in [6.45, 7) is 7.03. The van der Waals surface area contributed by atoms with Crippen LogP contribution in [0.5, 0.6) is 0 Å². The summed E-state index contributed by atoms with van der Waals surface area (Å²) in [6.07, 6.45) is 1.73. The van der Waals surface area contributed by atoms with Gasteiger partial charge in [0.1, 0.15) is 5.69 Å². The van der Waals surface area contributed by atoms with Gasteiger partial charge < -0.3 is 20.7 Å². The molecule has 0 bridgehead atoms. The Morgan fingerprint density at radius 3 is 2.83 bits per heavy atom. The quantitative estimate of drug-likeness (QED) is 0.631. The number of nitrogen functional groups attached to an aromatic ring is 1. The lowest BCUT2D eigenvalue weighted by Gasteiger charge is -2.29. The highest BCUT2D eigenvalue weighted by Gasteiger charge is 2.19. The van der Waals surface area contributed by atoms with E-state index >= 15 is 0 Å². The highest BCUT2D eigenvalue weighted by Crippen LogP contribution is 2.29. The number of anilines is 3. The molecule has 6 nitrogen and oxygen atoms in total. The third kappa shape index (κ3) is 2.83. The molecule has 0 aromatic carbocycles. The van der Waals surface area contributed by atoms with E-state index in [1.807, 2.05) is 4.90 Å². The summed E-state index contributed by atoms with van der Waals surface area (Å²) in [7, 11) is 0. The number of hydrogen-bond donors (Lipinski definition) is 2. The Hall–Kier alpha value is -1.53. The third-order valence-corrected chi connectivity index (χ3v) is 2.79. The van der Waals surface area contributed by atoms with Gasteiger partial charge in [0, 0.05) is 19.6 Å². The van der Waals surface area contributed by atoms with E-state index < -0.39 is 0 Å². The van der Waals surface area contributed by atoms with Crippen LogP contribution >= 0.6 is 11.6 Å². The lowest BCUT2D eigenvalue weighted by atomic mass is 10.3. The summed E-state index contributed by atoms with van der Waals surface area (Å²) in [5.74, 6) is 1.20. The summed E-state index contributed by atoms with van der Waals surface area (Å²) >= 11 is 5.92. The van der Waals surface area contributed by atoms with Crippen molar-refractivity contribution in [2.24, 2.45) is 0 Å². The zero-order chi connectivity index (χ0) is 13.0. The minimum absolute atomic E-state index is 0.178. The van der Waals surface area contributed by atoms with Gasteiger partial charge in [-0.2, -0.15) is 9.97 Å². The molecule has 0 unspecified atom stereocenters. The fraction of sp³-hybridized carbons (Fsp3) is 0.455. The van der Waals surface area contributed by atoms with Crippen molar-refractivity contribution in [3.05, 3.63) is 17.9 Å². The SMILES string of the molecule is C=CCNc1nc(Cl)nc(N2CCOCC2)c1N. The van der Waals surface area contributed by atoms with Crippen LogP contribution in [0.4, 0.5) is 17.3 Å². The fourth-order valence-electron chi connectivity index (χ4n) is 1.75. The van der Waals surface area contributed by atoms with Crippen molar-refractivity contribution in [2.45, 2.75) is 0 Å². The first-order valence-corrected chi connectivity index (χ1v) is 6.10. The number of morpholine rings is 1. The molecule has 1 fully saturated rings. The molecule has 0 aliphatic carbocycles. The van der Waals surface area contributed by atoms with Gasteiger partial charge in [-0.3, -0.25) is 0 Å². The van der Waals surface area contributed by atoms with Crippen LogP contribution in [0, 0.1) is 0 Å². The maximum absolute atomic E-state index is 6.06. The van der Waals surface area contributed by atoms with Crippen LogP contribution in [-0.2, 0) is 4.74 Å². The van der Waals surface area contributed by atoms with Gasteiger partial charge in [-0.1, -0.05) is 6.08 Å². The van der Waals surface area contributed by atoms with E-state index in [0.29, 0.717) is 37.1 Å². The predicted molar refractivity (Wildman–Crippen MR) is 73.2 cm³/mol. The smallest absolute Gasteiger partial charge is 0.226 e. The van der Waals surface area contributed by atoms with Crippen LogP contribution in [0.15, 0.2) is 12.7 Å². The van der Waals surface area contributed by atoms with Gasteiger partial charge >= 0.3 is 0 Å². The fourth-order valence-corrected chi connectivity index (χ4v) is 1.92. The van der Waals surface area contributed by atoms with E-state index in [1.54, 1.807) is 6.08 Å². The van der Waals surface area contributed by atoms with Crippen molar-refractivity contribution in [3.63, 3.8) is 0 Å². The van der Waals surface area contributed by atoms with Gasteiger partial charge in [-0.05, 0) is 11.6 Å². The molecular weight excluding hydrogens is 254 g/mol. The van der Waals surface area contributed by atoms with E-state index in [9.17, 15) is 0 Å². The molecule has 18 heavy (non-hydrogen) atoms. The van der Waals surface area contributed by atoms with Gasteiger partial charge in [-0.25, -0.2) is 0 Å². The molecule has 3 N–H and O–H groups in total. The van der Waals surface area contributed by atoms with Gasteiger partial charge in [0.25, 0.3) is 0 Å². The highest BCUT2D eigenvalue weighted by atomic mass is 35.5. The number of hydrogen-bond acceptors (Lipinski definition) is 6. The monoisotopic (exact) mass is 269 g/mol. The molecular formula is C11H16ClN5O. The average Bonchev–Trinajstić information content (AvgIpc) is 2.40. The van der Waals surface area contributed by atoms with Crippen LogP contribution in [0.25, 0.3) is 0 Å². The summed E-state index contributed by atoms with van der Waals surface area (Å²) in [5, 5.41) is 3.22. The molecule has 0 radical (unpaired) electrons. The van der Waals surface area contributed by atoms with Gasteiger partial charge in [0.2, 0.25) is 5.28 Å². The molecule has 1 aromatic rings. The van der Waals surface area contributed by atoms with Crippen molar-refractivity contribution >= 4 is 28.9 Å². The summed E-state index contributed by atoms with van der Waals surface area (Å²) in [4.78, 5) is 10.3. The van der Waals surface area contributed by atoms with Gasteiger partial charge in [0.15, 0.2) is 11.6 Å². The zero-order valence-electron chi connectivity index (χ0n) is 10.0. The minimum Gasteiger partial charge on any atom is -0.393 e. The maximum atomic E-state index is 6.06. The first-order valence-electron chi connectivity index (χ1n) is 5.73. The molecule has 7 heteroatoms. The number of aromatic nitrogens is 2. The number of rotatable bonds is 4. The number of halogens is 1. The van der Waals surface area contributed by atoms with Crippen LogP contribution in [0.2, 0.25) is 5.28 Å². The molecule has 1 aliphatic heterocycles. The Labute approximate surface area is 111 Å². The van der Waals surface area contributed by atoms with Crippen LogP contribution in [-0.4, -0.2) is 42.8 Å². The molecule has 98 valence electrons. The van der Waals surface area contributed by atoms with Crippen molar-refractivity contribution in [1.82, 2.24) is 9.97 Å². The molecule has 0 saturated carbocycles. The van der Waals surface area contributed by atoms with E-state index in [0.717, 1.165) is 13.1 Å². The Bertz CT molecular complexity index is 434. The topological polar surface area (TPSA) is 76.3 Å². The predicted octanol–water partition coefficient (Wildman–Crippen LogP) is 1.15. The van der Waals surface area contributed by atoms with Crippen molar-refractivity contribution in [3.8, 4) is 0 Å². The van der Waals surface area contributed by atoms with Crippen molar-refractivity contribution < 1.29 is 4.74 Å². The van der Waals surface area contributed by atoms with E-state index in [1.165, 1.54) is 0 Å². The van der Waals surface area contributed by atoms with E-state index in [4.69, 9.17) is 22.1 Å². The lowest BCUT2D eigenvalue weighted by molar-refractivity contribution is 0.122. The maximum Gasteiger partial charge on any atom is 0.226 e. The Kier molecular flexibility index (Phi) is 4.22. The van der Waals surface area contributed by atoms with E-state index in [-0.39, 0.29) is 5.28 Å². The Morgan fingerprint density at radius 2 is 2.17 bits per heavy atom. The second-order valence-corrected chi connectivity index (χ2v) is 4.19. The molecule has 0 spiro atoms. The molecule has 0 atom stereocenters. The average molecular weight is 270 g/mol. The third-order valence-electron chi connectivity index (χ3n) is 2.62. The largest absolute Gasteiger partial charge is 0.393 e.